The standard InChI is InChI=1S/C12H19N5O2S/c1-9(2)17-8-12(3-11(17)4-13)20(18,19)16-7-10-5-14-15-6-10/h3,5-6,8-9,16H,4,7,13H2,1-2H3,(H,14,15). The normalized spacial score (nSPS) is 12.2. The van der Waals surface area contributed by atoms with Gasteiger partial charge in [0.25, 0.3) is 0 Å². The zero-order valence-corrected chi connectivity index (χ0v) is 12.3. The first-order valence-electron chi connectivity index (χ1n) is 6.32. The van der Waals surface area contributed by atoms with Crippen LogP contribution in [0.1, 0.15) is 31.1 Å². The van der Waals surface area contributed by atoms with Crippen LogP contribution in [0, 0.1) is 0 Å². The Hall–Kier alpha value is -1.64. The lowest BCUT2D eigenvalue weighted by atomic mass is 10.3. The maximum absolute atomic E-state index is 12.2. The van der Waals surface area contributed by atoms with Crippen LogP contribution in [-0.2, 0) is 23.1 Å². The number of nitrogens with zero attached hydrogens (tertiary/aromatic N) is 2. The van der Waals surface area contributed by atoms with Crippen LogP contribution in [0.5, 0.6) is 0 Å². The van der Waals surface area contributed by atoms with Crippen molar-refractivity contribution >= 4 is 10.0 Å². The van der Waals surface area contributed by atoms with E-state index in [-0.39, 0.29) is 17.5 Å². The molecule has 2 heterocycles. The van der Waals surface area contributed by atoms with Crippen LogP contribution in [0.25, 0.3) is 0 Å². The molecule has 2 aromatic heterocycles. The molecule has 0 fully saturated rings. The summed E-state index contributed by atoms with van der Waals surface area (Å²) in [5.41, 5.74) is 7.22. The van der Waals surface area contributed by atoms with Gasteiger partial charge in [-0.25, -0.2) is 13.1 Å². The Kier molecular flexibility index (Phi) is 4.26. The molecule has 0 atom stereocenters. The number of rotatable bonds is 6. The van der Waals surface area contributed by atoms with Crippen LogP contribution < -0.4 is 10.5 Å². The van der Waals surface area contributed by atoms with Crippen molar-refractivity contribution in [2.75, 3.05) is 0 Å². The summed E-state index contributed by atoms with van der Waals surface area (Å²) < 4.78 is 28.9. The monoisotopic (exact) mass is 297 g/mol. The molecular formula is C12H19N5O2S. The Balaban J connectivity index is 2.21. The summed E-state index contributed by atoms with van der Waals surface area (Å²) in [5.74, 6) is 0. The van der Waals surface area contributed by atoms with Crippen molar-refractivity contribution in [2.24, 2.45) is 5.73 Å². The van der Waals surface area contributed by atoms with Crippen LogP contribution >= 0.6 is 0 Å². The van der Waals surface area contributed by atoms with Gasteiger partial charge in [0.1, 0.15) is 0 Å². The van der Waals surface area contributed by atoms with Crippen molar-refractivity contribution in [3.05, 3.63) is 35.9 Å². The van der Waals surface area contributed by atoms with Gasteiger partial charge in [-0.15, -0.1) is 0 Å². The zero-order valence-electron chi connectivity index (χ0n) is 11.5. The molecule has 110 valence electrons. The van der Waals surface area contributed by atoms with Gasteiger partial charge in [-0.3, -0.25) is 5.10 Å². The van der Waals surface area contributed by atoms with Crippen molar-refractivity contribution in [1.82, 2.24) is 19.5 Å². The molecule has 20 heavy (non-hydrogen) atoms. The maximum atomic E-state index is 12.2. The molecule has 2 rings (SSSR count). The number of nitrogens with two attached hydrogens (primary N) is 1. The molecule has 0 aliphatic heterocycles. The minimum atomic E-state index is -3.55. The average molecular weight is 297 g/mol. The highest BCUT2D eigenvalue weighted by Gasteiger charge is 2.18. The second kappa shape index (κ2) is 5.78. The van der Waals surface area contributed by atoms with Crippen molar-refractivity contribution in [1.29, 1.82) is 0 Å². The summed E-state index contributed by atoms with van der Waals surface area (Å²) in [5, 5.41) is 6.41. The van der Waals surface area contributed by atoms with Gasteiger partial charge >= 0.3 is 0 Å². The van der Waals surface area contributed by atoms with E-state index in [1.54, 1.807) is 24.7 Å². The van der Waals surface area contributed by atoms with Gasteiger partial charge in [-0.05, 0) is 19.9 Å². The molecule has 0 unspecified atom stereocenters. The van der Waals surface area contributed by atoms with Crippen molar-refractivity contribution in [2.45, 2.75) is 37.9 Å². The first kappa shape index (κ1) is 14.8. The van der Waals surface area contributed by atoms with E-state index >= 15 is 0 Å². The van der Waals surface area contributed by atoms with Gasteiger partial charge < -0.3 is 10.3 Å². The van der Waals surface area contributed by atoms with Crippen LogP contribution in [0.2, 0.25) is 0 Å². The van der Waals surface area contributed by atoms with Crippen molar-refractivity contribution < 1.29 is 8.42 Å². The summed E-state index contributed by atoms with van der Waals surface area (Å²) in [7, 11) is -3.55. The number of aromatic amines is 1. The predicted molar refractivity (Wildman–Crippen MR) is 75.3 cm³/mol. The molecule has 0 radical (unpaired) electrons. The first-order chi connectivity index (χ1) is 9.44. The Morgan fingerprint density at radius 2 is 2.25 bits per heavy atom. The second-order valence-electron chi connectivity index (χ2n) is 4.80. The Labute approximate surface area is 118 Å². The highest BCUT2D eigenvalue weighted by molar-refractivity contribution is 7.89. The molecule has 2 aromatic rings. The van der Waals surface area contributed by atoms with Crippen LogP contribution in [0.15, 0.2) is 29.6 Å². The molecule has 0 saturated carbocycles. The minimum absolute atomic E-state index is 0.159. The molecule has 0 aromatic carbocycles. The number of H-pyrrole nitrogens is 1. The molecule has 0 aliphatic carbocycles. The van der Waals surface area contributed by atoms with E-state index in [0.717, 1.165) is 11.3 Å². The molecular weight excluding hydrogens is 278 g/mol. The lowest BCUT2D eigenvalue weighted by molar-refractivity contribution is 0.569. The highest BCUT2D eigenvalue weighted by atomic mass is 32.2. The van der Waals surface area contributed by atoms with E-state index in [2.05, 4.69) is 14.9 Å². The Morgan fingerprint density at radius 3 is 2.75 bits per heavy atom. The number of aromatic nitrogens is 3. The van der Waals surface area contributed by atoms with Crippen LogP contribution in [-0.4, -0.2) is 23.2 Å². The molecule has 4 N–H and O–H groups in total. The number of hydrogen-bond donors (Lipinski definition) is 3. The molecule has 0 spiro atoms. The van der Waals surface area contributed by atoms with E-state index in [1.165, 1.54) is 0 Å². The topological polar surface area (TPSA) is 106 Å². The third-order valence-corrected chi connectivity index (χ3v) is 4.37. The summed E-state index contributed by atoms with van der Waals surface area (Å²) >= 11 is 0. The van der Waals surface area contributed by atoms with Gasteiger partial charge in [0.15, 0.2) is 0 Å². The van der Waals surface area contributed by atoms with E-state index in [9.17, 15) is 8.42 Å². The maximum Gasteiger partial charge on any atom is 0.242 e. The zero-order chi connectivity index (χ0) is 14.8. The number of nitrogens with one attached hydrogen (secondary N) is 2. The largest absolute Gasteiger partial charge is 0.346 e. The van der Waals surface area contributed by atoms with Gasteiger partial charge in [-0.1, -0.05) is 0 Å². The van der Waals surface area contributed by atoms with Crippen molar-refractivity contribution in [3.63, 3.8) is 0 Å². The summed E-state index contributed by atoms with van der Waals surface area (Å²) in [6, 6.07) is 1.77. The molecule has 7 nitrogen and oxygen atoms in total. The Bertz CT molecular complexity index is 658. The van der Waals surface area contributed by atoms with E-state index in [4.69, 9.17) is 5.73 Å². The lowest BCUT2D eigenvalue weighted by Gasteiger charge is -2.10. The fourth-order valence-electron chi connectivity index (χ4n) is 1.92. The fraction of sp³-hybridized carbons (Fsp3) is 0.417. The summed E-state index contributed by atoms with van der Waals surface area (Å²) in [6.07, 6.45) is 4.84. The van der Waals surface area contributed by atoms with Gasteiger partial charge in [0.05, 0.1) is 11.1 Å². The second-order valence-corrected chi connectivity index (χ2v) is 6.57. The third kappa shape index (κ3) is 3.09. The fourth-order valence-corrected chi connectivity index (χ4v) is 2.99. The van der Waals surface area contributed by atoms with Crippen molar-refractivity contribution in [3.8, 4) is 0 Å². The lowest BCUT2D eigenvalue weighted by Crippen LogP contribution is -2.22. The van der Waals surface area contributed by atoms with Crippen LogP contribution in [0.4, 0.5) is 0 Å². The van der Waals surface area contributed by atoms with Gasteiger partial charge in [0, 0.05) is 42.8 Å². The minimum Gasteiger partial charge on any atom is -0.346 e. The average Bonchev–Trinajstić information content (AvgIpc) is 3.05. The molecule has 0 amide bonds. The van der Waals surface area contributed by atoms with E-state index in [0.29, 0.717) is 6.54 Å². The van der Waals surface area contributed by atoms with E-state index < -0.39 is 10.0 Å². The molecule has 8 heteroatoms. The van der Waals surface area contributed by atoms with Gasteiger partial charge in [-0.2, -0.15) is 5.10 Å². The number of sulfonamides is 1. The number of hydrogen-bond acceptors (Lipinski definition) is 4. The first-order valence-corrected chi connectivity index (χ1v) is 7.80. The molecule has 0 saturated heterocycles. The highest BCUT2D eigenvalue weighted by Crippen LogP contribution is 2.18. The van der Waals surface area contributed by atoms with E-state index in [1.807, 2.05) is 18.4 Å². The molecule has 0 bridgehead atoms. The quantitative estimate of drug-likeness (QED) is 0.730. The smallest absolute Gasteiger partial charge is 0.242 e. The summed E-state index contributed by atoms with van der Waals surface area (Å²) in [4.78, 5) is 0.232. The summed E-state index contributed by atoms with van der Waals surface area (Å²) in [6.45, 7) is 4.46. The third-order valence-electron chi connectivity index (χ3n) is 3.00. The van der Waals surface area contributed by atoms with Crippen LogP contribution in [0.3, 0.4) is 0 Å². The molecule has 0 aliphatic rings. The van der Waals surface area contributed by atoms with Gasteiger partial charge in [0.2, 0.25) is 10.0 Å². The Morgan fingerprint density at radius 1 is 1.50 bits per heavy atom. The SMILES string of the molecule is CC(C)n1cc(S(=O)(=O)NCc2cn[nH]c2)cc1CN. The predicted octanol–water partition coefficient (Wildman–Crippen LogP) is 0.729.